The highest BCUT2D eigenvalue weighted by molar-refractivity contribution is 6.28. The molecule has 0 aromatic carbocycles. The molecule has 0 bridgehead atoms. The Labute approximate surface area is 109 Å². The summed E-state index contributed by atoms with van der Waals surface area (Å²) in [4.78, 5) is 16.0. The van der Waals surface area contributed by atoms with E-state index in [1.807, 2.05) is 25.1 Å². The van der Waals surface area contributed by atoms with E-state index in [2.05, 4.69) is 25.3 Å². The molecule has 0 radical (unpaired) electrons. The van der Waals surface area contributed by atoms with Crippen molar-refractivity contribution in [2.24, 2.45) is 0 Å². The van der Waals surface area contributed by atoms with Gasteiger partial charge in [-0.3, -0.25) is 4.98 Å². The summed E-state index contributed by atoms with van der Waals surface area (Å²) in [5.41, 5.74) is 0.881. The maximum atomic E-state index is 5.77. The van der Waals surface area contributed by atoms with Crippen molar-refractivity contribution in [1.82, 2.24) is 19.9 Å². The first-order valence-corrected chi connectivity index (χ1v) is 5.84. The molecule has 2 aromatic rings. The summed E-state index contributed by atoms with van der Waals surface area (Å²) in [6, 6.07) is 5.88. The number of nitrogens with zero attached hydrogens (tertiary/aromatic N) is 4. The number of hydrogen-bond donors (Lipinski definition) is 1. The fraction of sp³-hybridized carbons (Fsp3) is 0.273. The van der Waals surface area contributed by atoms with Crippen molar-refractivity contribution in [2.75, 3.05) is 11.9 Å². The largest absolute Gasteiger partial charge is 0.464 e. The van der Waals surface area contributed by atoms with Gasteiger partial charge in [0.15, 0.2) is 0 Å². The molecule has 0 aliphatic heterocycles. The van der Waals surface area contributed by atoms with E-state index < -0.39 is 0 Å². The fourth-order valence-electron chi connectivity index (χ4n) is 1.28. The highest BCUT2D eigenvalue weighted by Gasteiger charge is 2.05. The molecule has 7 heteroatoms. The Morgan fingerprint density at radius 2 is 2.17 bits per heavy atom. The monoisotopic (exact) mass is 265 g/mol. The minimum absolute atomic E-state index is 0.0944. The fourth-order valence-corrected chi connectivity index (χ4v) is 1.43. The standard InChI is InChI=1S/C11H12ClN5O/c1-2-18-11-16-9(12)15-10(17-11)14-7-8-5-3-4-6-13-8/h3-6H,2,7H2,1H3,(H,14,15,16,17). The first kappa shape index (κ1) is 12.5. The van der Waals surface area contributed by atoms with Crippen LogP contribution in [0.15, 0.2) is 24.4 Å². The minimum Gasteiger partial charge on any atom is -0.464 e. The lowest BCUT2D eigenvalue weighted by Crippen LogP contribution is -2.07. The molecule has 0 aliphatic carbocycles. The van der Waals surface area contributed by atoms with Crippen molar-refractivity contribution in [3.05, 3.63) is 35.4 Å². The molecule has 94 valence electrons. The van der Waals surface area contributed by atoms with Crippen molar-refractivity contribution in [2.45, 2.75) is 13.5 Å². The number of halogens is 1. The first-order chi connectivity index (χ1) is 8.78. The topological polar surface area (TPSA) is 72.8 Å². The summed E-state index contributed by atoms with van der Waals surface area (Å²) in [6.45, 7) is 2.82. The lowest BCUT2D eigenvalue weighted by Gasteiger charge is -2.06. The van der Waals surface area contributed by atoms with E-state index in [9.17, 15) is 0 Å². The zero-order chi connectivity index (χ0) is 12.8. The average molecular weight is 266 g/mol. The molecular formula is C11H12ClN5O. The number of rotatable bonds is 5. The molecule has 0 unspecified atom stereocenters. The molecule has 0 aliphatic rings. The van der Waals surface area contributed by atoms with E-state index in [4.69, 9.17) is 16.3 Å². The molecule has 0 spiro atoms. The third-order valence-corrected chi connectivity index (χ3v) is 2.18. The Balaban J connectivity index is 2.05. The van der Waals surface area contributed by atoms with Gasteiger partial charge in [0, 0.05) is 6.20 Å². The third kappa shape index (κ3) is 3.53. The summed E-state index contributed by atoms with van der Waals surface area (Å²) >= 11 is 5.77. The average Bonchev–Trinajstić information content (AvgIpc) is 2.37. The van der Waals surface area contributed by atoms with Gasteiger partial charge in [0.05, 0.1) is 18.8 Å². The SMILES string of the molecule is CCOc1nc(Cl)nc(NCc2ccccn2)n1. The molecule has 18 heavy (non-hydrogen) atoms. The predicted octanol–water partition coefficient (Wildman–Crippen LogP) is 1.93. The lowest BCUT2D eigenvalue weighted by atomic mass is 10.3. The van der Waals surface area contributed by atoms with Gasteiger partial charge in [-0.05, 0) is 30.7 Å². The zero-order valence-electron chi connectivity index (χ0n) is 9.80. The van der Waals surface area contributed by atoms with E-state index in [-0.39, 0.29) is 11.3 Å². The van der Waals surface area contributed by atoms with Crippen LogP contribution in [-0.2, 0) is 6.54 Å². The van der Waals surface area contributed by atoms with Crippen molar-refractivity contribution in [1.29, 1.82) is 0 Å². The van der Waals surface area contributed by atoms with Crippen LogP contribution in [0.4, 0.5) is 5.95 Å². The summed E-state index contributed by atoms with van der Waals surface area (Å²) in [6.07, 6.45) is 1.73. The van der Waals surface area contributed by atoms with Crippen LogP contribution < -0.4 is 10.1 Å². The van der Waals surface area contributed by atoms with Crippen LogP contribution in [0.1, 0.15) is 12.6 Å². The second kappa shape index (κ2) is 6.11. The Morgan fingerprint density at radius 1 is 1.28 bits per heavy atom. The number of anilines is 1. The van der Waals surface area contributed by atoms with Gasteiger partial charge in [-0.15, -0.1) is 0 Å². The van der Waals surface area contributed by atoms with Gasteiger partial charge in [0.25, 0.3) is 0 Å². The summed E-state index contributed by atoms with van der Waals surface area (Å²) in [7, 11) is 0. The molecule has 0 atom stereocenters. The number of aromatic nitrogens is 4. The molecule has 2 rings (SSSR count). The van der Waals surface area contributed by atoms with E-state index in [0.717, 1.165) is 5.69 Å². The van der Waals surface area contributed by atoms with Crippen LogP contribution in [0.25, 0.3) is 0 Å². The van der Waals surface area contributed by atoms with Crippen LogP contribution in [0.3, 0.4) is 0 Å². The van der Waals surface area contributed by atoms with Gasteiger partial charge in [-0.25, -0.2) is 0 Å². The molecule has 1 N–H and O–H groups in total. The highest BCUT2D eigenvalue weighted by Crippen LogP contribution is 2.11. The van der Waals surface area contributed by atoms with Gasteiger partial charge < -0.3 is 10.1 Å². The second-order valence-corrected chi connectivity index (χ2v) is 3.66. The summed E-state index contributed by atoms with van der Waals surface area (Å²) in [5, 5.41) is 3.11. The van der Waals surface area contributed by atoms with Crippen LogP contribution in [0, 0.1) is 0 Å². The predicted molar refractivity (Wildman–Crippen MR) is 67.6 cm³/mol. The highest BCUT2D eigenvalue weighted by atomic mass is 35.5. The van der Waals surface area contributed by atoms with Crippen molar-refractivity contribution in [3.8, 4) is 6.01 Å². The van der Waals surface area contributed by atoms with E-state index >= 15 is 0 Å². The van der Waals surface area contributed by atoms with Crippen molar-refractivity contribution < 1.29 is 4.74 Å². The normalized spacial score (nSPS) is 10.1. The number of ether oxygens (including phenoxy) is 1. The molecule has 6 nitrogen and oxygen atoms in total. The second-order valence-electron chi connectivity index (χ2n) is 3.32. The van der Waals surface area contributed by atoms with Crippen LogP contribution >= 0.6 is 11.6 Å². The third-order valence-electron chi connectivity index (χ3n) is 2.01. The molecule has 0 amide bonds. The summed E-state index contributed by atoms with van der Waals surface area (Å²) < 4.78 is 5.18. The quantitative estimate of drug-likeness (QED) is 0.891. The Bertz CT molecular complexity index is 508. The van der Waals surface area contributed by atoms with Crippen LogP contribution in [0.2, 0.25) is 5.28 Å². The Kier molecular flexibility index (Phi) is 4.25. The van der Waals surface area contributed by atoms with Gasteiger partial charge in [-0.1, -0.05) is 6.07 Å². The van der Waals surface area contributed by atoms with Gasteiger partial charge >= 0.3 is 6.01 Å². The lowest BCUT2D eigenvalue weighted by molar-refractivity contribution is 0.312. The molecule has 2 aromatic heterocycles. The molecule has 2 heterocycles. The number of nitrogens with one attached hydrogen (secondary N) is 1. The maximum Gasteiger partial charge on any atom is 0.322 e. The van der Waals surface area contributed by atoms with Crippen molar-refractivity contribution >= 4 is 17.5 Å². The zero-order valence-corrected chi connectivity index (χ0v) is 10.6. The number of pyridine rings is 1. The van der Waals surface area contributed by atoms with Crippen LogP contribution in [-0.4, -0.2) is 26.5 Å². The smallest absolute Gasteiger partial charge is 0.322 e. The maximum absolute atomic E-state index is 5.77. The minimum atomic E-state index is 0.0944. The molecule has 0 fully saturated rings. The van der Waals surface area contributed by atoms with Gasteiger partial charge in [0.2, 0.25) is 11.2 Å². The van der Waals surface area contributed by atoms with E-state index in [0.29, 0.717) is 19.1 Å². The molecule has 0 saturated carbocycles. The van der Waals surface area contributed by atoms with Crippen LogP contribution in [0.5, 0.6) is 6.01 Å². The number of hydrogen-bond acceptors (Lipinski definition) is 6. The molecule has 0 saturated heterocycles. The van der Waals surface area contributed by atoms with Crippen molar-refractivity contribution in [3.63, 3.8) is 0 Å². The molecular weight excluding hydrogens is 254 g/mol. The van der Waals surface area contributed by atoms with Gasteiger partial charge in [0.1, 0.15) is 0 Å². The first-order valence-electron chi connectivity index (χ1n) is 5.46. The summed E-state index contributed by atoms with van der Waals surface area (Å²) in [5.74, 6) is 0.365. The Hall–Kier alpha value is -1.95. The van der Waals surface area contributed by atoms with Gasteiger partial charge in [-0.2, -0.15) is 15.0 Å². The Morgan fingerprint density at radius 3 is 2.89 bits per heavy atom. The van der Waals surface area contributed by atoms with E-state index in [1.54, 1.807) is 6.20 Å². The van der Waals surface area contributed by atoms with E-state index in [1.165, 1.54) is 0 Å².